The number of carbonyl (C=O) groups is 3. The van der Waals surface area contributed by atoms with Crippen molar-refractivity contribution in [3.05, 3.63) is 24.3 Å². The van der Waals surface area contributed by atoms with Crippen LogP contribution in [0.25, 0.3) is 0 Å². The second-order valence-corrected chi connectivity index (χ2v) is 4.94. The first-order chi connectivity index (χ1) is 9.47. The third-order valence-electron chi connectivity index (χ3n) is 3.32. The molecule has 2 amide bonds. The van der Waals surface area contributed by atoms with E-state index in [1.165, 1.54) is 30.6 Å². The predicted octanol–water partition coefficient (Wildman–Crippen LogP) is 1.98. The van der Waals surface area contributed by atoms with Gasteiger partial charge in [0, 0.05) is 23.8 Å². The van der Waals surface area contributed by atoms with E-state index in [-0.39, 0.29) is 23.8 Å². The van der Waals surface area contributed by atoms with E-state index in [1.54, 1.807) is 6.92 Å². The normalized spacial score (nSPS) is 18.6. The van der Waals surface area contributed by atoms with Crippen LogP contribution in [0.5, 0.6) is 0 Å². The smallest absolute Gasteiger partial charge is 0.332 e. The van der Waals surface area contributed by atoms with E-state index in [0.717, 1.165) is 25.7 Å². The molecule has 0 atom stereocenters. The highest BCUT2D eigenvalue weighted by Crippen LogP contribution is 2.24. The fraction of sp³-hybridized carbons (Fsp3) is 0.533. The van der Waals surface area contributed by atoms with Crippen LogP contribution in [-0.4, -0.2) is 35.8 Å². The number of methoxy groups -OCH3 is 1. The average Bonchev–Trinajstić information content (AvgIpc) is 2.78. The molecular formula is C15H21NO4. The van der Waals surface area contributed by atoms with Gasteiger partial charge >= 0.3 is 5.97 Å². The molecule has 2 aliphatic rings. The molecule has 20 heavy (non-hydrogen) atoms. The van der Waals surface area contributed by atoms with Gasteiger partial charge in [-0.1, -0.05) is 25.8 Å². The van der Waals surface area contributed by atoms with Gasteiger partial charge in [0.05, 0.1) is 7.11 Å². The van der Waals surface area contributed by atoms with E-state index in [4.69, 9.17) is 0 Å². The summed E-state index contributed by atoms with van der Waals surface area (Å²) in [6.45, 7) is 4.95. The third kappa shape index (κ3) is 4.33. The summed E-state index contributed by atoms with van der Waals surface area (Å²) in [6, 6.07) is 0.170. The van der Waals surface area contributed by atoms with Crippen LogP contribution in [0.2, 0.25) is 0 Å². The number of imide groups is 1. The molecule has 0 N–H and O–H groups in total. The summed E-state index contributed by atoms with van der Waals surface area (Å²) in [5.74, 6) is -0.603. The van der Waals surface area contributed by atoms with Gasteiger partial charge in [0.25, 0.3) is 11.8 Å². The Morgan fingerprint density at radius 3 is 2.05 bits per heavy atom. The number of hydrogen-bond acceptors (Lipinski definition) is 4. The van der Waals surface area contributed by atoms with E-state index < -0.39 is 0 Å². The van der Waals surface area contributed by atoms with Gasteiger partial charge in [-0.2, -0.15) is 0 Å². The highest BCUT2D eigenvalue weighted by molar-refractivity contribution is 6.13. The van der Waals surface area contributed by atoms with Crippen molar-refractivity contribution in [2.75, 3.05) is 7.11 Å². The number of carbonyl (C=O) groups excluding carboxylic acids is 3. The summed E-state index contributed by atoms with van der Waals surface area (Å²) < 4.78 is 4.27. The zero-order valence-corrected chi connectivity index (χ0v) is 12.1. The van der Waals surface area contributed by atoms with Gasteiger partial charge < -0.3 is 4.74 Å². The second kappa shape index (κ2) is 7.62. The number of hydrogen-bond donors (Lipinski definition) is 0. The fourth-order valence-corrected chi connectivity index (χ4v) is 2.29. The summed E-state index contributed by atoms with van der Waals surface area (Å²) in [6.07, 6.45) is 8.23. The Morgan fingerprint density at radius 1 is 1.20 bits per heavy atom. The molecule has 0 aromatic heterocycles. The molecule has 5 nitrogen and oxygen atoms in total. The Kier molecular flexibility index (Phi) is 6.15. The molecule has 1 heterocycles. The Hall–Kier alpha value is -1.91. The molecule has 110 valence electrons. The number of esters is 1. The van der Waals surface area contributed by atoms with Crippen molar-refractivity contribution >= 4 is 17.8 Å². The fourth-order valence-electron chi connectivity index (χ4n) is 2.29. The van der Waals surface area contributed by atoms with E-state index in [9.17, 15) is 14.4 Å². The molecule has 1 fully saturated rings. The van der Waals surface area contributed by atoms with Crippen LogP contribution >= 0.6 is 0 Å². The topological polar surface area (TPSA) is 63.7 Å². The Balaban J connectivity index is 0.000000246. The number of ether oxygens (including phenoxy) is 1. The number of amides is 2. The van der Waals surface area contributed by atoms with E-state index >= 15 is 0 Å². The van der Waals surface area contributed by atoms with Crippen molar-refractivity contribution in [2.45, 2.75) is 45.1 Å². The maximum absolute atomic E-state index is 11.3. The monoisotopic (exact) mass is 279 g/mol. The van der Waals surface area contributed by atoms with Crippen molar-refractivity contribution in [2.24, 2.45) is 0 Å². The van der Waals surface area contributed by atoms with Crippen LogP contribution < -0.4 is 0 Å². The molecule has 0 unspecified atom stereocenters. The SMILES string of the molecule is C=C(C)C(=O)OC.O=C1C=CC(=O)N1C1CCCCC1. The Morgan fingerprint density at radius 2 is 1.70 bits per heavy atom. The van der Waals surface area contributed by atoms with Gasteiger partial charge in [0.1, 0.15) is 0 Å². The molecule has 1 saturated carbocycles. The quantitative estimate of drug-likeness (QED) is 0.440. The largest absolute Gasteiger partial charge is 0.466 e. The molecule has 2 rings (SSSR count). The average molecular weight is 279 g/mol. The maximum Gasteiger partial charge on any atom is 0.332 e. The van der Waals surface area contributed by atoms with E-state index in [1.807, 2.05) is 0 Å². The minimum Gasteiger partial charge on any atom is -0.466 e. The van der Waals surface area contributed by atoms with Crippen molar-refractivity contribution < 1.29 is 19.1 Å². The van der Waals surface area contributed by atoms with Crippen LogP contribution in [0.4, 0.5) is 0 Å². The van der Waals surface area contributed by atoms with Crippen molar-refractivity contribution in [1.82, 2.24) is 4.90 Å². The number of nitrogens with zero attached hydrogens (tertiary/aromatic N) is 1. The molecule has 0 saturated heterocycles. The van der Waals surface area contributed by atoms with Gasteiger partial charge in [0.2, 0.25) is 0 Å². The first-order valence-electron chi connectivity index (χ1n) is 6.76. The van der Waals surface area contributed by atoms with Gasteiger partial charge in [0.15, 0.2) is 0 Å². The van der Waals surface area contributed by atoms with Crippen molar-refractivity contribution in [3.8, 4) is 0 Å². The van der Waals surface area contributed by atoms with Gasteiger partial charge in [-0.05, 0) is 19.8 Å². The number of rotatable bonds is 2. The molecule has 0 aromatic rings. The molecule has 0 spiro atoms. The van der Waals surface area contributed by atoms with Crippen molar-refractivity contribution in [3.63, 3.8) is 0 Å². The summed E-state index contributed by atoms with van der Waals surface area (Å²) in [5, 5.41) is 0. The maximum atomic E-state index is 11.3. The van der Waals surface area contributed by atoms with E-state index in [0.29, 0.717) is 5.57 Å². The highest BCUT2D eigenvalue weighted by Gasteiger charge is 2.31. The second-order valence-electron chi connectivity index (χ2n) is 4.94. The minimum atomic E-state index is -0.347. The first-order valence-corrected chi connectivity index (χ1v) is 6.76. The van der Waals surface area contributed by atoms with Crippen LogP contribution in [0.15, 0.2) is 24.3 Å². The summed E-state index contributed by atoms with van der Waals surface area (Å²) >= 11 is 0. The minimum absolute atomic E-state index is 0.128. The van der Waals surface area contributed by atoms with Crippen LogP contribution in [-0.2, 0) is 19.1 Å². The van der Waals surface area contributed by atoms with Crippen LogP contribution in [0, 0.1) is 0 Å². The van der Waals surface area contributed by atoms with E-state index in [2.05, 4.69) is 11.3 Å². The predicted molar refractivity (Wildman–Crippen MR) is 74.7 cm³/mol. The Labute approximate surface area is 119 Å². The highest BCUT2D eigenvalue weighted by atomic mass is 16.5. The zero-order valence-electron chi connectivity index (χ0n) is 12.1. The lowest BCUT2D eigenvalue weighted by Crippen LogP contribution is -2.41. The van der Waals surface area contributed by atoms with Gasteiger partial charge in [-0.3, -0.25) is 14.5 Å². The lowest BCUT2D eigenvalue weighted by Gasteiger charge is -2.29. The lowest BCUT2D eigenvalue weighted by atomic mass is 9.94. The molecule has 0 radical (unpaired) electrons. The molecular weight excluding hydrogens is 258 g/mol. The molecule has 0 bridgehead atoms. The standard InChI is InChI=1S/C10H13NO2.C5H8O2/c12-9-6-7-10(13)11(9)8-4-2-1-3-5-8;1-4(2)5(6)7-3/h6-8H,1-5H2;1H2,2-3H3. The molecule has 1 aliphatic heterocycles. The lowest BCUT2D eigenvalue weighted by molar-refractivity contribution is -0.140. The zero-order chi connectivity index (χ0) is 15.1. The van der Waals surface area contributed by atoms with Gasteiger partial charge in [-0.25, -0.2) is 4.79 Å². The Bertz CT molecular complexity index is 415. The third-order valence-corrected chi connectivity index (χ3v) is 3.32. The van der Waals surface area contributed by atoms with Gasteiger partial charge in [-0.15, -0.1) is 0 Å². The van der Waals surface area contributed by atoms with Crippen LogP contribution in [0.3, 0.4) is 0 Å². The summed E-state index contributed by atoms with van der Waals surface area (Å²) in [4.78, 5) is 34.2. The van der Waals surface area contributed by atoms with Crippen molar-refractivity contribution in [1.29, 1.82) is 0 Å². The molecule has 5 heteroatoms. The van der Waals surface area contributed by atoms with Crippen LogP contribution in [0.1, 0.15) is 39.0 Å². The summed E-state index contributed by atoms with van der Waals surface area (Å²) in [5.41, 5.74) is 0.433. The molecule has 0 aromatic carbocycles. The molecule has 1 aliphatic carbocycles. The summed E-state index contributed by atoms with van der Waals surface area (Å²) in [7, 11) is 1.33. The first kappa shape index (κ1) is 16.1.